The average molecular weight is 290 g/mol. The van der Waals surface area contributed by atoms with Gasteiger partial charge in [0.05, 0.1) is 6.04 Å². The molecule has 0 radical (unpaired) electrons. The third kappa shape index (κ3) is 2.77. The van der Waals surface area contributed by atoms with E-state index in [4.69, 9.17) is 4.74 Å². The van der Waals surface area contributed by atoms with Gasteiger partial charge in [-0.1, -0.05) is 0 Å². The number of phenols is 1. The van der Waals surface area contributed by atoms with Crippen molar-refractivity contribution in [2.24, 2.45) is 0 Å². The molecule has 0 saturated carbocycles. The highest BCUT2D eigenvalue weighted by Gasteiger charge is 2.46. The first-order chi connectivity index (χ1) is 9.83. The number of rotatable bonds is 1. The molecule has 1 N–H and O–H groups in total. The number of hydrogen-bond donors (Lipinski definition) is 1. The zero-order chi connectivity index (χ0) is 15.2. The minimum absolute atomic E-state index is 0.208. The number of ether oxygens (including phenoxy) is 1. The summed E-state index contributed by atoms with van der Waals surface area (Å²) in [6.07, 6.45) is 0.778. The second kappa shape index (κ2) is 4.83. The van der Waals surface area contributed by atoms with Crippen molar-refractivity contribution in [3.8, 4) is 5.75 Å². The smallest absolute Gasteiger partial charge is 0.410 e. The van der Waals surface area contributed by atoms with E-state index in [1.807, 2.05) is 37.8 Å². The quantitative estimate of drug-likeness (QED) is 0.863. The molecule has 5 heteroatoms. The molecule has 0 spiro atoms. The second-order valence-electron chi connectivity index (χ2n) is 6.84. The molecular weight excluding hydrogens is 268 g/mol. The molecule has 2 heterocycles. The molecule has 2 fully saturated rings. The van der Waals surface area contributed by atoms with Crippen molar-refractivity contribution in [2.75, 3.05) is 18.0 Å². The summed E-state index contributed by atoms with van der Waals surface area (Å²) < 4.78 is 5.47. The Hall–Kier alpha value is -1.91. The molecular formula is C16H22N2O3. The first kappa shape index (κ1) is 14.0. The first-order valence-electron chi connectivity index (χ1n) is 7.39. The summed E-state index contributed by atoms with van der Waals surface area (Å²) in [5.74, 6) is 0.276. The van der Waals surface area contributed by atoms with Crippen LogP contribution < -0.4 is 4.90 Å². The SMILES string of the molecule is CC(C)(C)OC(=O)N1C[C@H]2C[C@@H]1CN2c1ccc(O)cc1. The summed E-state index contributed by atoms with van der Waals surface area (Å²) in [4.78, 5) is 16.4. The Morgan fingerprint density at radius 1 is 1.19 bits per heavy atom. The van der Waals surface area contributed by atoms with Crippen LogP contribution in [-0.4, -0.2) is 46.9 Å². The molecule has 1 amide bonds. The maximum absolute atomic E-state index is 12.2. The number of likely N-dealkylation sites (tertiary alicyclic amines) is 1. The Bertz CT molecular complexity index is 535. The normalized spacial score (nSPS) is 24.5. The second-order valence-corrected chi connectivity index (χ2v) is 6.84. The molecule has 0 unspecified atom stereocenters. The predicted octanol–water partition coefficient (Wildman–Crippen LogP) is 2.59. The Labute approximate surface area is 125 Å². The van der Waals surface area contributed by atoms with E-state index in [-0.39, 0.29) is 17.9 Å². The lowest BCUT2D eigenvalue weighted by atomic mass is 10.2. The number of nitrogens with zero attached hydrogens (tertiary/aromatic N) is 2. The van der Waals surface area contributed by atoms with Gasteiger partial charge in [0.15, 0.2) is 0 Å². The molecule has 1 aromatic rings. The van der Waals surface area contributed by atoms with E-state index < -0.39 is 5.60 Å². The molecule has 2 aliphatic rings. The summed E-state index contributed by atoms with van der Waals surface area (Å²) in [5.41, 5.74) is 0.652. The standard InChI is InChI=1S/C16H22N2O3/c1-16(2,3)21-15(20)18-10-12-8-13(18)9-17(12)11-4-6-14(19)7-5-11/h4-7,12-13,19H,8-10H2,1-3H3/t12-,13-/m1/s1. The van der Waals surface area contributed by atoms with Gasteiger partial charge in [-0.3, -0.25) is 0 Å². The number of aromatic hydroxyl groups is 1. The van der Waals surface area contributed by atoms with Gasteiger partial charge in [0.1, 0.15) is 11.4 Å². The zero-order valence-corrected chi connectivity index (χ0v) is 12.7. The van der Waals surface area contributed by atoms with Gasteiger partial charge in [0, 0.05) is 24.8 Å². The van der Waals surface area contributed by atoms with Crippen molar-refractivity contribution in [3.05, 3.63) is 24.3 Å². The van der Waals surface area contributed by atoms with Crippen LogP contribution >= 0.6 is 0 Å². The number of fused-ring (bicyclic) bond motifs is 2. The number of piperazine rings is 1. The average Bonchev–Trinajstić information content (AvgIpc) is 2.97. The lowest BCUT2D eigenvalue weighted by Crippen LogP contribution is -2.50. The summed E-state index contributed by atoms with van der Waals surface area (Å²) >= 11 is 0. The molecule has 2 saturated heterocycles. The Morgan fingerprint density at radius 2 is 1.86 bits per heavy atom. The monoisotopic (exact) mass is 290 g/mol. The third-order valence-corrected chi connectivity index (χ3v) is 4.05. The minimum Gasteiger partial charge on any atom is -0.508 e. The van der Waals surface area contributed by atoms with Gasteiger partial charge in [-0.15, -0.1) is 0 Å². The number of carbonyl (C=O) groups is 1. The van der Waals surface area contributed by atoms with Crippen LogP contribution in [0, 0.1) is 0 Å². The fourth-order valence-electron chi connectivity index (χ4n) is 3.17. The van der Waals surface area contributed by atoms with Crippen molar-refractivity contribution < 1.29 is 14.6 Å². The van der Waals surface area contributed by atoms with Crippen LogP contribution in [0.4, 0.5) is 10.5 Å². The van der Waals surface area contributed by atoms with E-state index in [1.54, 1.807) is 12.1 Å². The minimum atomic E-state index is -0.449. The van der Waals surface area contributed by atoms with E-state index >= 15 is 0 Å². The molecule has 0 aliphatic carbocycles. The van der Waals surface area contributed by atoms with Crippen molar-refractivity contribution in [3.63, 3.8) is 0 Å². The van der Waals surface area contributed by atoms with Crippen LogP contribution in [0.1, 0.15) is 27.2 Å². The van der Waals surface area contributed by atoms with E-state index in [9.17, 15) is 9.90 Å². The largest absolute Gasteiger partial charge is 0.508 e. The maximum atomic E-state index is 12.2. The first-order valence-corrected chi connectivity index (χ1v) is 7.39. The fourth-order valence-corrected chi connectivity index (χ4v) is 3.17. The van der Waals surface area contributed by atoms with E-state index in [0.29, 0.717) is 12.6 Å². The van der Waals surface area contributed by atoms with E-state index in [2.05, 4.69) is 4.90 Å². The van der Waals surface area contributed by atoms with E-state index in [0.717, 1.165) is 18.7 Å². The van der Waals surface area contributed by atoms with Gasteiger partial charge in [-0.05, 0) is 51.5 Å². The fraction of sp³-hybridized carbons (Fsp3) is 0.562. The van der Waals surface area contributed by atoms with Crippen molar-refractivity contribution in [1.29, 1.82) is 0 Å². The van der Waals surface area contributed by atoms with Crippen LogP contribution in [0.25, 0.3) is 0 Å². The van der Waals surface area contributed by atoms with Gasteiger partial charge in [-0.25, -0.2) is 4.79 Å². The number of phenolic OH excluding ortho intramolecular Hbond substituents is 1. The van der Waals surface area contributed by atoms with Gasteiger partial charge in [0.2, 0.25) is 0 Å². The number of hydrogen-bond acceptors (Lipinski definition) is 4. The highest BCUT2D eigenvalue weighted by molar-refractivity contribution is 5.70. The number of amides is 1. The molecule has 2 bridgehead atoms. The number of carbonyl (C=O) groups excluding carboxylic acids is 1. The molecule has 2 aliphatic heterocycles. The number of anilines is 1. The molecule has 3 rings (SSSR count). The van der Waals surface area contributed by atoms with Gasteiger partial charge < -0.3 is 19.6 Å². The summed E-state index contributed by atoms with van der Waals surface area (Å²) in [7, 11) is 0. The van der Waals surface area contributed by atoms with Gasteiger partial charge in [0.25, 0.3) is 0 Å². The van der Waals surface area contributed by atoms with E-state index in [1.165, 1.54) is 0 Å². The van der Waals surface area contributed by atoms with Crippen molar-refractivity contribution in [1.82, 2.24) is 4.90 Å². The topological polar surface area (TPSA) is 53.0 Å². The Kier molecular flexibility index (Phi) is 3.23. The van der Waals surface area contributed by atoms with Crippen LogP contribution in [0.15, 0.2) is 24.3 Å². The summed E-state index contributed by atoms with van der Waals surface area (Å²) in [5, 5.41) is 9.37. The maximum Gasteiger partial charge on any atom is 0.410 e. The van der Waals surface area contributed by atoms with Gasteiger partial charge >= 0.3 is 6.09 Å². The predicted molar refractivity (Wildman–Crippen MR) is 80.6 cm³/mol. The zero-order valence-electron chi connectivity index (χ0n) is 12.7. The van der Waals surface area contributed by atoms with Crippen molar-refractivity contribution in [2.45, 2.75) is 44.9 Å². The highest BCUT2D eigenvalue weighted by atomic mass is 16.6. The lowest BCUT2D eigenvalue weighted by Gasteiger charge is -2.36. The molecule has 114 valence electrons. The molecule has 2 atom stereocenters. The summed E-state index contributed by atoms with van der Waals surface area (Å²) in [6.45, 7) is 7.21. The number of benzene rings is 1. The highest BCUT2D eigenvalue weighted by Crippen LogP contribution is 2.35. The molecule has 0 aromatic heterocycles. The molecule has 21 heavy (non-hydrogen) atoms. The lowest BCUT2D eigenvalue weighted by molar-refractivity contribution is 0.0215. The molecule has 5 nitrogen and oxygen atoms in total. The van der Waals surface area contributed by atoms with Crippen molar-refractivity contribution >= 4 is 11.8 Å². The van der Waals surface area contributed by atoms with Gasteiger partial charge in [-0.2, -0.15) is 0 Å². The Morgan fingerprint density at radius 3 is 2.38 bits per heavy atom. The Balaban J connectivity index is 1.66. The third-order valence-electron chi connectivity index (χ3n) is 4.05. The molecule has 1 aromatic carbocycles. The van der Waals surface area contributed by atoms with Crippen LogP contribution in [0.5, 0.6) is 5.75 Å². The summed E-state index contributed by atoms with van der Waals surface area (Å²) in [6, 6.07) is 7.81. The van der Waals surface area contributed by atoms with Crippen LogP contribution in [-0.2, 0) is 4.74 Å². The van der Waals surface area contributed by atoms with Crippen LogP contribution in [0.2, 0.25) is 0 Å². The van der Waals surface area contributed by atoms with Crippen LogP contribution in [0.3, 0.4) is 0 Å².